The van der Waals surface area contributed by atoms with E-state index in [1.807, 2.05) is 25.1 Å². The number of aliphatic hydroxyl groups is 1. The standard InChI is InChI=1S/C16H25N3O2/c1-12-14(17)4-2-5-15(12)18-16(21)6-3-8-19-9-7-13(10-19)11-20/h2,4-5,13,20H,3,6-11,17H2,1H3,(H,18,21). The number of amides is 1. The Kier molecular flexibility index (Phi) is 5.59. The maximum Gasteiger partial charge on any atom is 0.224 e. The number of hydrogen-bond acceptors (Lipinski definition) is 4. The van der Waals surface area contributed by atoms with Crippen LogP contribution < -0.4 is 11.1 Å². The first-order valence-corrected chi connectivity index (χ1v) is 7.58. The number of nitrogen functional groups attached to an aromatic ring is 1. The minimum atomic E-state index is 0.0293. The number of carbonyl (C=O) groups is 1. The van der Waals surface area contributed by atoms with Crippen molar-refractivity contribution in [2.75, 3.05) is 37.3 Å². The predicted molar refractivity (Wildman–Crippen MR) is 85.1 cm³/mol. The van der Waals surface area contributed by atoms with Gasteiger partial charge >= 0.3 is 0 Å². The maximum absolute atomic E-state index is 12.0. The van der Waals surface area contributed by atoms with Crippen LogP contribution in [0.15, 0.2) is 18.2 Å². The Balaban J connectivity index is 1.72. The van der Waals surface area contributed by atoms with Crippen LogP contribution in [0.25, 0.3) is 0 Å². The molecule has 1 aromatic carbocycles. The molecule has 1 heterocycles. The molecule has 116 valence electrons. The second kappa shape index (κ2) is 7.43. The van der Waals surface area contributed by atoms with Gasteiger partial charge in [0.05, 0.1) is 0 Å². The minimum Gasteiger partial charge on any atom is -0.398 e. The van der Waals surface area contributed by atoms with Crippen molar-refractivity contribution < 1.29 is 9.90 Å². The van der Waals surface area contributed by atoms with Gasteiger partial charge in [0.2, 0.25) is 5.91 Å². The fraction of sp³-hybridized carbons (Fsp3) is 0.562. The highest BCUT2D eigenvalue weighted by Gasteiger charge is 2.21. The van der Waals surface area contributed by atoms with Crippen LogP contribution in [0, 0.1) is 12.8 Å². The summed E-state index contributed by atoms with van der Waals surface area (Å²) in [6, 6.07) is 5.54. The number of hydrogen-bond donors (Lipinski definition) is 3. The Morgan fingerprint density at radius 2 is 2.33 bits per heavy atom. The number of nitrogens with one attached hydrogen (secondary N) is 1. The normalized spacial score (nSPS) is 18.9. The van der Waals surface area contributed by atoms with E-state index in [0.717, 1.165) is 43.7 Å². The molecule has 1 aliphatic heterocycles. The summed E-state index contributed by atoms with van der Waals surface area (Å²) in [6.45, 7) is 5.07. The summed E-state index contributed by atoms with van der Waals surface area (Å²) < 4.78 is 0. The van der Waals surface area contributed by atoms with Crippen LogP contribution in [-0.4, -0.2) is 42.2 Å². The number of likely N-dealkylation sites (tertiary alicyclic amines) is 1. The van der Waals surface area contributed by atoms with Gasteiger partial charge in [0.15, 0.2) is 0 Å². The SMILES string of the molecule is Cc1c(N)cccc1NC(=O)CCCN1CCC(CO)C1. The molecule has 1 amide bonds. The summed E-state index contributed by atoms with van der Waals surface area (Å²) >= 11 is 0. The van der Waals surface area contributed by atoms with Gasteiger partial charge in [-0.2, -0.15) is 0 Å². The molecular weight excluding hydrogens is 266 g/mol. The fourth-order valence-corrected chi connectivity index (χ4v) is 2.73. The Morgan fingerprint density at radius 1 is 1.52 bits per heavy atom. The van der Waals surface area contributed by atoms with Gasteiger partial charge in [0.25, 0.3) is 0 Å². The molecule has 4 N–H and O–H groups in total. The molecule has 0 bridgehead atoms. The van der Waals surface area contributed by atoms with Gasteiger partial charge in [-0.1, -0.05) is 6.07 Å². The topological polar surface area (TPSA) is 78.6 Å². The van der Waals surface area contributed by atoms with Crippen LogP contribution in [0.3, 0.4) is 0 Å². The van der Waals surface area contributed by atoms with Crippen molar-refractivity contribution in [1.29, 1.82) is 0 Å². The monoisotopic (exact) mass is 291 g/mol. The Morgan fingerprint density at radius 3 is 3.05 bits per heavy atom. The average molecular weight is 291 g/mol. The minimum absolute atomic E-state index is 0.0293. The summed E-state index contributed by atoms with van der Waals surface area (Å²) in [5.74, 6) is 0.440. The van der Waals surface area contributed by atoms with Crippen molar-refractivity contribution in [2.24, 2.45) is 5.92 Å². The Hall–Kier alpha value is -1.59. The molecule has 0 spiro atoms. The van der Waals surface area contributed by atoms with E-state index in [9.17, 15) is 4.79 Å². The van der Waals surface area contributed by atoms with E-state index >= 15 is 0 Å². The number of anilines is 2. The molecule has 5 heteroatoms. The lowest BCUT2D eigenvalue weighted by atomic mass is 10.1. The second-order valence-corrected chi connectivity index (χ2v) is 5.81. The van der Waals surface area contributed by atoms with Crippen LogP contribution in [0.2, 0.25) is 0 Å². The van der Waals surface area contributed by atoms with E-state index in [4.69, 9.17) is 10.8 Å². The van der Waals surface area contributed by atoms with Crippen LogP contribution in [0.4, 0.5) is 11.4 Å². The van der Waals surface area contributed by atoms with Crippen molar-refractivity contribution in [3.63, 3.8) is 0 Å². The third-order valence-electron chi connectivity index (χ3n) is 4.16. The first-order chi connectivity index (χ1) is 10.1. The van der Waals surface area contributed by atoms with Crippen molar-refractivity contribution in [2.45, 2.75) is 26.2 Å². The molecule has 0 aliphatic carbocycles. The highest BCUT2D eigenvalue weighted by atomic mass is 16.3. The van der Waals surface area contributed by atoms with E-state index in [2.05, 4.69) is 10.2 Å². The zero-order valence-corrected chi connectivity index (χ0v) is 12.6. The van der Waals surface area contributed by atoms with Crippen molar-refractivity contribution in [3.05, 3.63) is 23.8 Å². The third kappa shape index (κ3) is 4.44. The number of nitrogens with two attached hydrogens (primary N) is 1. The van der Waals surface area contributed by atoms with E-state index in [0.29, 0.717) is 18.0 Å². The summed E-state index contributed by atoms with van der Waals surface area (Å²) in [5.41, 5.74) is 8.23. The van der Waals surface area contributed by atoms with Gasteiger partial charge in [-0.3, -0.25) is 4.79 Å². The average Bonchev–Trinajstić information content (AvgIpc) is 2.92. The quantitative estimate of drug-likeness (QED) is 0.696. The lowest BCUT2D eigenvalue weighted by molar-refractivity contribution is -0.116. The zero-order chi connectivity index (χ0) is 15.2. The molecule has 0 radical (unpaired) electrons. The first kappa shape index (κ1) is 15.8. The summed E-state index contributed by atoms with van der Waals surface area (Å²) in [4.78, 5) is 14.3. The number of nitrogens with zero attached hydrogens (tertiary/aromatic N) is 1. The second-order valence-electron chi connectivity index (χ2n) is 5.81. The highest BCUT2D eigenvalue weighted by molar-refractivity contribution is 5.92. The molecule has 1 fully saturated rings. The van der Waals surface area contributed by atoms with Crippen LogP contribution in [-0.2, 0) is 4.79 Å². The molecule has 5 nitrogen and oxygen atoms in total. The van der Waals surface area contributed by atoms with E-state index in [1.54, 1.807) is 0 Å². The fourth-order valence-electron chi connectivity index (χ4n) is 2.73. The summed E-state index contributed by atoms with van der Waals surface area (Å²) in [5, 5.41) is 12.0. The van der Waals surface area contributed by atoms with Crippen LogP contribution in [0.1, 0.15) is 24.8 Å². The van der Waals surface area contributed by atoms with Gasteiger partial charge in [-0.25, -0.2) is 0 Å². The molecule has 1 saturated heterocycles. The zero-order valence-electron chi connectivity index (χ0n) is 12.6. The smallest absolute Gasteiger partial charge is 0.224 e. The number of carbonyl (C=O) groups excluding carboxylic acids is 1. The Bertz CT molecular complexity index is 490. The van der Waals surface area contributed by atoms with Crippen molar-refractivity contribution in [1.82, 2.24) is 4.90 Å². The van der Waals surface area contributed by atoms with Crippen molar-refractivity contribution in [3.8, 4) is 0 Å². The number of aliphatic hydroxyl groups excluding tert-OH is 1. The van der Waals surface area contributed by atoms with Gasteiger partial charge in [0, 0.05) is 30.9 Å². The van der Waals surface area contributed by atoms with Gasteiger partial charge in [-0.05, 0) is 56.5 Å². The number of benzene rings is 1. The van der Waals surface area contributed by atoms with E-state index < -0.39 is 0 Å². The van der Waals surface area contributed by atoms with Gasteiger partial charge in [-0.15, -0.1) is 0 Å². The Labute approximate surface area is 126 Å². The maximum atomic E-state index is 12.0. The molecule has 2 rings (SSSR count). The molecule has 1 unspecified atom stereocenters. The molecule has 1 aliphatic rings. The van der Waals surface area contributed by atoms with Crippen LogP contribution in [0.5, 0.6) is 0 Å². The predicted octanol–water partition coefficient (Wildman–Crippen LogP) is 1.61. The molecule has 0 saturated carbocycles. The highest BCUT2D eigenvalue weighted by Crippen LogP contribution is 2.21. The lowest BCUT2D eigenvalue weighted by Gasteiger charge is -2.15. The van der Waals surface area contributed by atoms with Crippen LogP contribution >= 0.6 is 0 Å². The van der Waals surface area contributed by atoms with Crippen molar-refractivity contribution >= 4 is 17.3 Å². The van der Waals surface area contributed by atoms with Gasteiger partial charge < -0.3 is 21.1 Å². The van der Waals surface area contributed by atoms with E-state index in [1.165, 1.54) is 0 Å². The molecule has 0 aromatic heterocycles. The molecular formula is C16H25N3O2. The van der Waals surface area contributed by atoms with E-state index in [-0.39, 0.29) is 12.5 Å². The third-order valence-corrected chi connectivity index (χ3v) is 4.16. The molecule has 1 atom stereocenters. The summed E-state index contributed by atoms with van der Waals surface area (Å²) in [7, 11) is 0. The summed E-state index contributed by atoms with van der Waals surface area (Å²) in [6.07, 6.45) is 2.41. The molecule has 1 aromatic rings. The molecule has 21 heavy (non-hydrogen) atoms. The lowest BCUT2D eigenvalue weighted by Crippen LogP contribution is -2.24. The number of rotatable bonds is 6. The van der Waals surface area contributed by atoms with Gasteiger partial charge in [0.1, 0.15) is 0 Å². The largest absolute Gasteiger partial charge is 0.398 e. The first-order valence-electron chi connectivity index (χ1n) is 7.58.